The van der Waals surface area contributed by atoms with E-state index in [0.29, 0.717) is 28.7 Å². The number of hydrogen-bond acceptors (Lipinski definition) is 8. The van der Waals surface area contributed by atoms with Gasteiger partial charge in [0.05, 0.1) is 43.3 Å². The smallest absolute Gasteiger partial charge is 0.229 e. The highest BCUT2D eigenvalue weighted by Crippen LogP contribution is 2.36. The summed E-state index contributed by atoms with van der Waals surface area (Å²) in [7, 11) is 1.59. The van der Waals surface area contributed by atoms with Crippen molar-refractivity contribution in [2.75, 3.05) is 30.8 Å². The molecule has 0 amide bonds. The maximum absolute atomic E-state index is 6.35. The lowest BCUT2D eigenvalue weighted by atomic mass is 10.0. The van der Waals surface area contributed by atoms with Gasteiger partial charge in [0.2, 0.25) is 11.8 Å². The van der Waals surface area contributed by atoms with E-state index in [1.165, 1.54) is 0 Å². The minimum Gasteiger partial charge on any atom is -0.481 e. The number of nitrogens with one attached hydrogen (secondary N) is 3. The fourth-order valence-electron chi connectivity index (χ4n) is 4.29. The Morgan fingerprint density at radius 2 is 1.97 bits per heavy atom. The third-order valence-electron chi connectivity index (χ3n) is 5.77. The molecule has 0 aromatic carbocycles. The number of methoxy groups -OCH3 is 1. The van der Waals surface area contributed by atoms with E-state index in [2.05, 4.69) is 36.0 Å². The van der Waals surface area contributed by atoms with Gasteiger partial charge in [-0.05, 0) is 43.8 Å². The summed E-state index contributed by atoms with van der Waals surface area (Å²) in [5.41, 5.74) is 1.59. The fourth-order valence-corrected chi connectivity index (χ4v) is 4.44. The standard InChI is InChI=1S/C20H23ClN8O/c1-30-18-3-2-16(9-23-18)29-11-15(8-25-29)27-20-24-10-17(21)19(28-20)26-14-4-12-6-22-7-13(12)5-14/h2-3,8-14,22H,4-7H2,1H3,(H2,24,26,27,28). The van der Waals surface area contributed by atoms with Crippen molar-refractivity contribution in [1.29, 1.82) is 0 Å². The molecular formula is C20H23ClN8O. The zero-order chi connectivity index (χ0) is 20.5. The van der Waals surface area contributed by atoms with Crippen LogP contribution in [0.25, 0.3) is 5.69 Å². The number of pyridine rings is 1. The van der Waals surface area contributed by atoms with Gasteiger partial charge in [0.15, 0.2) is 5.82 Å². The molecule has 156 valence electrons. The average molecular weight is 427 g/mol. The summed E-state index contributed by atoms with van der Waals surface area (Å²) >= 11 is 6.35. The van der Waals surface area contributed by atoms with Gasteiger partial charge >= 0.3 is 0 Å². The molecule has 2 aliphatic rings. The Labute approximate surface area is 179 Å². The maximum atomic E-state index is 6.35. The second kappa shape index (κ2) is 8.08. The van der Waals surface area contributed by atoms with E-state index >= 15 is 0 Å². The van der Waals surface area contributed by atoms with Gasteiger partial charge in [0, 0.05) is 12.1 Å². The molecule has 1 saturated heterocycles. The van der Waals surface area contributed by atoms with E-state index in [1.54, 1.807) is 36.4 Å². The lowest BCUT2D eigenvalue weighted by molar-refractivity contribution is 0.397. The number of aromatic nitrogens is 5. The second-order valence-corrected chi connectivity index (χ2v) is 8.15. The highest BCUT2D eigenvalue weighted by molar-refractivity contribution is 6.32. The molecule has 3 aromatic heterocycles. The molecule has 0 spiro atoms. The summed E-state index contributed by atoms with van der Waals surface area (Å²) in [6, 6.07) is 4.07. The number of anilines is 3. The van der Waals surface area contributed by atoms with Crippen LogP contribution >= 0.6 is 11.6 Å². The minimum absolute atomic E-state index is 0.396. The van der Waals surface area contributed by atoms with E-state index in [0.717, 1.165) is 49.1 Å². The second-order valence-electron chi connectivity index (χ2n) is 7.74. The van der Waals surface area contributed by atoms with Gasteiger partial charge in [-0.3, -0.25) is 0 Å². The van der Waals surface area contributed by atoms with Crippen molar-refractivity contribution >= 4 is 29.1 Å². The molecular weight excluding hydrogens is 404 g/mol. The summed E-state index contributed by atoms with van der Waals surface area (Å²) in [6.45, 7) is 2.22. The average Bonchev–Trinajstić information content (AvgIpc) is 3.47. The highest BCUT2D eigenvalue weighted by atomic mass is 35.5. The Balaban J connectivity index is 1.27. The van der Waals surface area contributed by atoms with Crippen LogP contribution in [0.4, 0.5) is 17.5 Å². The summed E-state index contributed by atoms with van der Waals surface area (Å²) in [4.78, 5) is 13.1. The molecule has 2 fully saturated rings. The molecule has 3 aromatic rings. The molecule has 30 heavy (non-hydrogen) atoms. The number of nitrogens with zero attached hydrogens (tertiary/aromatic N) is 5. The zero-order valence-corrected chi connectivity index (χ0v) is 17.3. The Kier molecular flexibility index (Phi) is 5.14. The largest absolute Gasteiger partial charge is 0.481 e. The van der Waals surface area contributed by atoms with Crippen LogP contribution in [0.3, 0.4) is 0 Å². The predicted molar refractivity (Wildman–Crippen MR) is 115 cm³/mol. The third kappa shape index (κ3) is 3.90. The number of ether oxygens (including phenoxy) is 1. The molecule has 1 aliphatic carbocycles. The van der Waals surface area contributed by atoms with E-state index < -0.39 is 0 Å². The Morgan fingerprint density at radius 3 is 2.70 bits per heavy atom. The molecule has 0 bridgehead atoms. The third-order valence-corrected chi connectivity index (χ3v) is 6.05. The van der Waals surface area contributed by atoms with Crippen LogP contribution in [-0.4, -0.2) is 51.0 Å². The number of hydrogen-bond donors (Lipinski definition) is 3. The van der Waals surface area contributed by atoms with Crippen molar-refractivity contribution in [1.82, 2.24) is 30.0 Å². The van der Waals surface area contributed by atoms with E-state index in [4.69, 9.17) is 16.3 Å². The molecule has 5 rings (SSSR count). The van der Waals surface area contributed by atoms with Crippen molar-refractivity contribution in [3.63, 3.8) is 0 Å². The van der Waals surface area contributed by atoms with Crippen LogP contribution in [0, 0.1) is 11.8 Å². The summed E-state index contributed by atoms with van der Waals surface area (Å²) in [5, 5.41) is 15.1. The Morgan fingerprint density at radius 1 is 1.13 bits per heavy atom. The first kappa shape index (κ1) is 19.1. The molecule has 9 nitrogen and oxygen atoms in total. The monoisotopic (exact) mass is 426 g/mol. The first-order valence-corrected chi connectivity index (χ1v) is 10.4. The topological polar surface area (TPSA) is 102 Å². The fraction of sp³-hybridized carbons (Fsp3) is 0.400. The van der Waals surface area contributed by atoms with Crippen molar-refractivity contribution in [3.8, 4) is 11.6 Å². The van der Waals surface area contributed by atoms with Crippen LogP contribution in [0.2, 0.25) is 5.02 Å². The van der Waals surface area contributed by atoms with Gasteiger partial charge in [-0.1, -0.05) is 11.6 Å². The minimum atomic E-state index is 0.396. The quantitative estimate of drug-likeness (QED) is 0.553. The van der Waals surface area contributed by atoms with Gasteiger partial charge < -0.3 is 20.7 Å². The van der Waals surface area contributed by atoms with Gasteiger partial charge in [0.1, 0.15) is 5.02 Å². The number of fused-ring (bicyclic) bond motifs is 1. The molecule has 3 N–H and O–H groups in total. The first-order chi connectivity index (χ1) is 14.7. The van der Waals surface area contributed by atoms with Crippen molar-refractivity contribution < 1.29 is 4.74 Å². The summed E-state index contributed by atoms with van der Waals surface area (Å²) in [5.74, 6) is 3.19. The highest BCUT2D eigenvalue weighted by Gasteiger charge is 2.37. The lowest BCUT2D eigenvalue weighted by Crippen LogP contribution is -2.21. The Bertz CT molecular complexity index is 1010. The van der Waals surface area contributed by atoms with Gasteiger partial charge in [-0.15, -0.1) is 0 Å². The Hall–Kier alpha value is -2.91. The molecule has 4 heterocycles. The molecule has 0 radical (unpaired) electrons. The van der Waals surface area contributed by atoms with Crippen LogP contribution < -0.4 is 20.7 Å². The molecule has 1 saturated carbocycles. The van der Waals surface area contributed by atoms with Crippen LogP contribution in [0.1, 0.15) is 12.8 Å². The summed E-state index contributed by atoms with van der Waals surface area (Å²) < 4.78 is 6.81. The zero-order valence-electron chi connectivity index (χ0n) is 16.5. The molecule has 2 atom stereocenters. The van der Waals surface area contributed by atoms with Crippen molar-refractivity contribution in [3.05, 3.63) is 41.9 Å². The maximum Gasteiger partial charge on any atom is 0.229 e. The van der Waals surface area contributed by atoms with Crippen LogP contribution in [-0.2, 0) is 0 Å². The van der Waals surface area contributed by atoms with Gasteiger partial charge in [0.25, 0.3) is 0 Å². The molecule has 1 aliphatic heterocycles. The SMILES string of the molecule is COc1ccc(-n2cc(Nc3ncc(Cl)c(NC4CC5CNCC5C4)n3)cn2)cn1. The summed E-state index contributed by atoms with van der Waals surface area (Å²) in [6.07, 6.45) is 9.16. The van der Waals surface area contributed by atoms with Crippen molar-refractivity contribution in [2.24, 2.45) is 11.8 Å². The van der Waals surface area contributed by atoms with Gasteiger partial charge in [-0.25, -0.2) is 14.6 Å². The first-order valence-electron chi connectivity index (χ1n) is 10.00. The number of halogens is 1. The molecule has 2 unspecified atom stereocenters. The van der Waals surface area contributed by atoms with Crippen molar-refractivity contribution in [2.45, 2.75) is 18.9 Å². The van der Waals surface area contributed by atoms with Crippen LogP contribution in [0.15, 0.2) is 36.9 Å². The number of rotatable bonds is 6. The van der Waals surface area contributed by atoms with E-state index in [9.17, 15) is 0 Å². The van der Waals surface area contributed by atoms with Crippen LogP contribution in [0.5, 0.6) is 5.88 Å². The molecule has 10 heteroatoms. The lowest BCUT2D eigenvalue weighted by Gasteiger charge is -2.16. The van der Waals surface area contributed by atoms with E-state index in [-0.39, 0.29) is 0 Å². The van der Waals surface area contributed by atoms with Gasteiger partial charge in [-0.2, -0.15) is 10.1 Å². The normalized spacial score (nSPS) is 22.7. The van der Waals surface area contributed by atoms with E-state index in [1.807, 2.05) is 12.3 Å². The predicted octanol–water partition coefficient (Wildman–Crippen LogP) is 2.87.